The standard InChI is InChI=1S/C17H12FN3O/c1-22-13-3-4-14-15(9-13)21-7-6-11(8-17(21)20-14)12-2-5-16(18)19-10-12/h2-10H,1H3. The van der Waals surface area contributed by atoms with Gasteiger partial charge in [0.2, 0.25) is 5.95 Å². The van der Waals surface area contributed by atoms with Crippen LogP contribution in [-0.4, -0.2) is 21.5 Å². The van der Waals surface area contributed by atoms with Crippen LogP contribution in [0.2, 0.25) is 0 Å². The Morgan fingerprint density at radius 1 is 1.05 bits per heavy atom. The van der Waals surface area contributed by atoms with Gasteiger partial charge in [-0.3, -0.25) is 4.40 Å². The normalized spacial score (nSPS) is 11.2. The number of rotatable bonds is 2. The maximum absolute atomic E-state index is 12.9. The van der Waals surface area contributed by atoms with Crippen molar-refractivity contribution in [3.8, 4) is 16.9 Å². The van der Waals surface area contributed by atoms with Gasteiger partial charge in [-0.05, 0) is 42.0 Å². The van der Waals surface area contributed by atoms with Crippen molar-refractivity contribution in [1.29, 1.82) is 0 Å². The number of aromatic nitrogens is 3. The third-order valence-electron chi connectivity index (χ3n) is 3.67. The van der Waals surface area contributed by atoms with Gasteiger partial charge in [0.05, 0.1) is 18.1 Å². The molecule has 0 aliphatic carbocycles. The van der Waals surface area contributed by atoms with Gasteiger partial charge in [0, 0.05) is 24.0 Å². The van der Waals surface area contributed by atoms with Gasteiger partial charge in [0.25, 0.3) is 0 Å². The summed E-state index contributed by atoms with van der Waals surface area (Å²) in [6, 6.07) is 12.8. The molecule has 0 spiro atoms. The number of ether oxygens (including phenoxy) is 1. The van der Waals surface area contributed by atoms with E-state index < -0.39 is 5.95 Å². The zero-order chi connectivity index (χ0) is 15.1. The molecule has 0 N–H and O–H groups in total. The van der Waals surface area contributed by atoms with Gasteiger partial charge >= 0.3 is 0 Å². The summed E-state index contributed by atoms with van der Waals surface area (Å²) in [5.41, 5.74) is 4.51. The molecule has 5 heteroatoms. The highest BCUT2D eigenvalue weighted by Crippen LogP contribution is 2.25. The molecule has 4 nitrogen and oxygen atoms in total. The molecule has 1 aromatic carbocycles. The molecule has 22 heavy (non-hydrogen) atoms. The van der Waals surface area contributed by atoms with E-state index in [9.17, 15) is 4.39 Å². The molecular weight excluding hydrogens is 281 g/mol. The van der Waals surface area contributed by atoms with Crippen LogP contribution in [0.5, 0.6) is 5.75 Å². The fourth-order valence-electron chi connectivity index (χ4n) is 2.55. The zero-order valence-corrected chi connectivity index (χ0v) is 11.8. The number of hydrogen-bond donors (Lipinski definition) is 0. The molecule has 0 fully saturated rings. The molecule has 3 aromatic heterocycles. The van der Waals surface area contributed by atoms with Crippen molar-refractivity contribution in [3.05, 3.63) is 60.8 Å². The van der Waals surface area contributed by atoms with E-state index in [1.807, 2.05) is 40.9 Å². The topological polar surface area (TPSA) is 39.4 Å². The number of halogens is 1. The molecule has 4 rings (SSSR count). The second-order valence-corrected chi connectivity index (χ2v) is 4.98. The van der Waals surface area contributed by atoms with Gasteiger partial charge in [-0.2, -0.15) is 4.39 Å². The number of nitrogens with zero attached hydrogens (tertiary/aromatic N) is 3. The molecule has 4 aromatic rings. The van der Waals surface area contributed by atoms with Crippen LogP contribution in [0, 0.1) is 5.95 Å². The molecule has 0 atom stereocenters. The van der Waals surface area contributed by atoms with E-state index >= 15 is 0 Å². The van der Waals surface area contributed by atoms with Crippen LogP contribution in [0.3, 0.4) is 0 Å². The Kier molecular flexibility index (Phi) is 2.79. The van der Waals surface area contributed by atoms with E-state index in [0.29, 0.717) is 0 Å². The first-order chi connectivity index (χ1) is 10.7. The summed E-state index contributed by atoms with van der Waals surface area (Å²) >= 11 is 0. The van der Waals surface area contributed by atoms with Crippen molar-refractivity contribution in [1.82, 2.24) is 14.4 Å². The van der Waals surface area contributed by atoms with Crippen LogP contribution in [0.15, 0.2) is 54.9 Å². The molecule has 0 saturated heterocycles. The summed E-state index contributed by atoms with van der Waals surface area (Å²) < 4.78 is 20.2. The zero-order valence-electron chi connectivity index (χ0n) is 11.8. The summed E-state index contributed by atoms with van der Waals surface area (Å²) in [4.78, 5) is 8.30. The first-order valence-corrected chi connectivity index (χ1v) is 6.82. The van der Waals surface area contributed by atoms with Gasteiger partial charge in [-0.15, -0.1) is 0 Å². The minimum absolute atomic E-state index is 0.483. The van der Waals surface area contributed by atoms with Gasteiger partial charge in [-0.1, -0.05) is 0 Å². The number of methoxy groups -OCH3 is 1. The van der Waals surface area contributed by atoms with Crippen molar-refractivity contribution in [3.63, 3.8) is 0 Å². The Bertz CT molecular complexity index is 976. The highest BCUT2D eigenvalue weighted by molar-refractivity contribution is 5.83. The van der Waals surface area contributed by atoms with Gasteiger partial charge in [-0.25, -0.2) is 9.97 Å². The Labute approximate surface area is 125 Å². The van der Waals surface area contributed by atoms with Crippen LogP contribution in [0.25, 0.3) is 27.8 Å². The lowest BCUT2D eigenvalue weighted by molar-refractivity contribution is 0.415. The highest BCUT2D eigenvalue weighted by Gasteiger charge is 2.07. The van der Waals surface area contributed by atoms with Gasteiger partial charge in [0.1, 0.15) is 11.4 Å². The number of benzene rings is 1. The van der Waals surface area contributed by atoms with Crippen LogP contribution in [0.1, 0.15) is 0 Å². The second-order valence-electron chi connectivity index (χ2n) is 4.98. The molecule has 0 radical (unpaired) electrons. The average molecular weight is 293 g/mol. The highest BCUT2D eigenvalue weighted by atomic mass is 19.1. The van der Waals surface area contributed by atoms with Crippen molar-refractivity contribution in [2.24, 2.45) is 0 Å². The Morgan fingerprint density at radius 3 is 2.73 bits per heavy atom. The maximum atomic E-state index is 12.9. The summed E-state index contributed by atoms with van der Waals surface area (Å²) in [6.07, 6.45) is 3.47. The molecule has 3 heterocycles. The fourth-order valence-corrected chi connectivity index (χ4v) is 2.55. The lowest BCUT2D eigenvalue weighted by atomic mass is 10.1. The van der Waals surface area contributed by atoms with Crippen LogP contribution < -0.4 is 4.74 Å². The first kappa shape index (κ1) is 12.8. The van der Waals surface area contributed by atoms with Crippen LogP contribution in [-0.2, 0) is 0 Å². The molecule has 0 unspecified atom stereocenters. The quantitative estimate of drug-likeness (QED) is 0.529. The van der Waals surface area contributed by atoms with Crippen molar-refractivity contribution in [2.75, 3.05) is 7.11 Å². The SMILES string of the molecule is COc1ccc2nc3cc(-c4ccc(F)nc4)ccn3c2c1. The molecule has 0 saturated carbocycles. The lowest BCUT2D eigenvalue weighted by Crippen LogP contribution is -1.88. The van der Waals surface area contributed by atoms with Crippen molar-refractivity contribution < 1.29 is 9.13 Å². The Morgan fingerprint density at radius 2 is 1.95 bits per heavy atom. The van der Waals surface area contributed by atoms with E-state index in [-0.39, 0.29) is 0 Å². The second kappa shape index (κ2) is 4.80. The number of hydrogen-bond acceptors (Lipinski definition) is 3. The molecule has 0 bridgehead atoms. The Hall–Kier alpha value is -2.95. The van der Waals surface area contributed by atoms with E-state index in [0.717, 1.165) is 33.6 Å². The summed E-state index contributed by atoms with van der Waals surface area (Å²) in [6.45, 7) is 0. The third kappa shape index (κ3) is 1.98. The molecule has 108 valence electrons. The number of pyridine rings is 2. The largest absolute Gasteiger partial charge is 0.497 e. The minimum Gasteiger partial charge on any atom is -0.497 e. The third-order valence-corrected chi connectivity index (χ3v) is 3.67. The molecule has 0 aliphatic heterocycles. The van der Waals surface area contributed by atoms with E-state index in [1.54, 1.807) is 13.2 Å². The first-order valence-electron chi connectivity index (χ1n) is 6.82. The van der Waals surface area contributed by atoms with Gasteiger partial charge < -0.3 is 4.74 Å². The molecule has 0 amide bonds. The average Bonchev–Trinajstić information content (AvgIpc) is 2.92. The van der Waals surface area contributed by atoms with E-state index in [4.69, 9.17) is 4.74 Å². The lowest BCUT2D eigenvalue weighted by Gasteiger charge is -2.03. The predicted octanol–water partition coefficient (Wildman–Crippen LogP) is 3.70. The predicted molar refractivity (Wildman–Crippen MR) is 82.4 cm³/mol. The van der Waals surface area contributed by atoms with E-state index in [1.165, 1.54) is 12.3 Å². The minimum atomic E-state index is -0.483. The molecular formula is C17H12FN3O. The van der Waals surface area contributed by atoms with Gasteiger partial charge in [0.15, 0.2) is 0 Å². The van der Waals surface area contributed by atoms with Crippen LogP contribution >= 0.6 is 0 Å². The number of fused-ring (bicyclic) bond motifs is 3. The number of imidazole rings is 1. The van der Waals surface area contributed by atoms with Crippen molar-refractivity contribution in [2.45, 2.75) is 0 Å². The summed E-state index contributed by atoms with van der Waals surface area (Å²) in [5, 5.41) is 0. The summed E-state index contributed by atoms with van der Waals surface area (Å²) in [5.74, 6) is 0.310. The van der Waals surface area contributed by atoms with Crippen molar-refractivity contribution >= 4 is 16.7 Å². The fraction of sp³-hybridized carbons (Fsp3) is 0.0588. The molecule has 0 aliphatic rings. The summed E-state index contributed by atoms with van der Waals surface area (Å²) in [7, 11) is 1.64. The Balaban J connectivity index is 1.90. The van der Waals surface area contributed by atoms with Crippen LogP contribution in [0.4, 0.5) is 4.39 Å². The monoisotopic (exact) mass is 293 g/mol. The van der Waals surface area contributed by atoms with E-state index in [2.05, 4.69) is 9.97 Å². The maximum Gasteiger partial charge on any atom is 0.212 e. The smallest absolute Gasteiger partial charge is 0.212 e.